The first-order valence-electron chi connectivity index (χ1n) is 13.9. The summed E-state index contributed by atoms with van der Waals surface area (Å²) in [5.74, 6) is -7.30. The summed E-state index contributed by atoms with van der Waals surface area (Å²) in [5, 5.41) is 45.7. The van der Waals surface area contributed by atoms with Crippen LogP contribution in [-0.4, -0.2) is 95.2 Å². The molecule has 228 valence electrons. The quantitative estimate of drug-likeness (QED) is 0.217. The highest BCUT2D eigenvalue weighted by molar-refractivity contribution is 6.24. The summed E-state index contributed by atoms with van der Waals surface area (Å²) in [5.41, 5.74) is 3.11. The molecular weight excluding hydrogens is 546 g/mol. The number of Topliss-reactive ketones (excluding diaryl/α,β-unsaturated/α-hetero) is 2. The van der Waals surface area contributed by atoms with Gasteiger partial charge in [-0.05, 0) is 62.4 Å². The van der Waals surface area contributed by atoms with E-state index in [1.54, 1.807) is 39.2 Å². The van der Waals surface area contributed by atoms with Gasteiger partial charge in [0.15, 0.2) is 11.4 Å². The Labute approximate surface area is 244 Å². The molecular formula is C30H39N3O9. The molecule has 1 fully saturated rings. The summed E-state index contributed by atoms with van der Waals surface area (Å²) in [6.07, 6.45) is 0.247. The topological polar surface area (TPSA) is 191 Å². The number of fused-ring (bicyclic) bond motifs is 3. The van der Waals surface area contributed by atoms with E-state index in [9.17, 15) is 39.6 Å². The smallest absolute Gasteiger partial charge is 0.306 e. The van der Waals surface area contributed by atoms with E-state index in [-0.39, 0.29) is 55.1 Å². The summed E-state index contributed by atoms with van der Waals surface area (Å²) in [7, 11) is 6.67. The van der Waals surface area contributed by atoms with Crippen molar-refractivity contribution in [3.63, 3.8) is 0 Å². The number of ether oxygens (including phenoxy) is 1. The number of amides is 1. The van der Waals surface area contributed by atoms with Crippen LogP contribution >= 0.6 is 0 Å². The molecule has 0 bridgehead atoms. The van der Waals surface area contributed by atoms with E-state index in [4.69, 9.17) is 10.5 Å². The van der Waals surface area contributed by atoms with E-state index in [1.807, 2.05) is 13.8 Å². The minimum atomic E-state index is -2.71. The molecule has 12 heteroatoms. The van der Waals surface area contributed by atoms with Crippen molar-refractivity contribution in [2.24, 2.45) is 23.5 Å². The zero-order valence-electron chi connectivity index (χ0n) is 24.7. The highest BCUT2D eigenvalue weighted by Crippen LogP contribution is 2.54. The second-order valence-corrected chi connectivity index (χ2v) is 12.2. The number of primary amides is 1. The van der Waals surface area contributed by atoms with E-state index < -0.39 is 64.0 Å². The fraction of sp³-hybridized carbons (Fsp3) is 0.533. The molecule has 4 atom stereocenters. The standard InChI is InChI=1S/C30H39N3O9/c1-13(2)12-42-19(34)8-7-14-11-18(32(3)4)16-9-15-10-17-23(33(5)6)26(37)22(29(31)40)28(39)30(17,41)27(38)20(15)25(36)21(16)24(14)35/h11,13,15,17,23,35-36,39,41H,7-10,12H2,1-6H3,(H2,31,40). The van der Waals surface area contributed by atoms with Crippen molar-refractivity contribution in [1.82, 2.24) is 4.90 Å². The Morgan fingerprint density at radius 1 is 1.14 bits per heavy atom. The number of phenolic OH excluding ortho intramolecular Hbond substituents is 1. The summed E-state index contributed by atoms with van der Waals surface area (Å²) in [6, 6.07) is 0.575. The van der Waals surface area contributed by atoms with Gasteiger partial charge < -0.3 is 35.8 Å². The number of carbonyl (C=O) groups is 4. The lowest BCUT2D eigenvalue weighted by Gasteiger charge is -2.50. The minimum absolute atomic E-state index is 0.00281. The molecule has 0 radical (unpaired) electrons. The number of aryl methyl sites for hydroxylation is 1. The van der Waals surface area contributed by atoms with Crippen LogP contribution in [0.25, 0.3) is 5.76 Å². The Balaban J connectivity index is 1.86. The second kappa shape index (κ2) is 11.1. The van der Waals surface area contributed by atoms with E-state index in [1.165, 1.54) is 4.90 Å². The Hall–Kier alpha value is -3.90. The van der Waals surface area contributed by atoms with Gasteiger partial charge in [0, 0.05) is 37.7 Å². The molecule has 3 aliphatic rings. The molecule has 42 heavy (non-hydrogen) atoms. The third-order valence-corrected chi connectivity index (χ3v) is 8.43. The number of hydrogen-bond acceptors (Lipinski definition) is 11. The van der Waals surface area contributed by atoms with Crippen LogP contribution in [0.15, 0.2) is 23.0 Å². The summed E-state index contributed by atoms with van der Waals surface area (Å²) < 4.78 is 5.24. The number of esters is 1. The maximum Gasteiger partial charge on any atom is 0.306 e. The number of hydrogen-bond donors (Lipinski definition) is 5. The summed E-state index contributed by atoms with van der Waals surface area (Å²) in [6.45, 7) is 4.09. The maximum absolute atomic E-state index is 14.0. The average Bonchev–Trinajstić information content (AvgIpc) is 2.88. The van der Waals surface area contributed by atoms with Gasteiger partial charge in [0.05, 0.1) is 18.2 Å². The van der Waals surface area contributed by atoms with Crippen LogP contribution in [0.3, 0.4) is 0 Å². The lowest BCUT2D eigenvalue weighted by molar-refractivity contribution is -0.153. The number of aliphatic hydroxyl groups is 3. The highest BCUT2D eigenvalue weighted by Gasteiger charge is 2.64. The van der Waals surface area contributed by atoms with Gasteiger partial charge in [-0.25, -0.2) is 0 Å². The fourth-order valence-electron chi connectivity index (χ4n) is 6.50. The lowest BCUT2D eigenvalue weighted by Crippen LogP contribution is -2.65. The van der Waals surface area contributed by atoms with Gasteiger partial charge in [0.2, 0.25) is 5.78 Å². The molecule has 0 heterocycles. The van der Waals surface area contributed by atoms with Crippen LogP contribution in [0.5, 0.6) is 5.75 Å². The number of nitrogens with two attached hydrogens (primary N) is 1. The van der Waals surface area contributed by atoms with Crippen LogP contribution in [-0.2, 0) is 36.8 Å². The van der Waals surface area contributed by atoms with Crippen molar-refractivity contribution >= 4 is 34.9 Å². The van der Waals surface area contributed by atoms with E-state index in [2.05, 4.69) is 0 Å². The predicted molar refractivity (Wildman–Crippen MR) is 153 cm³/mol. The molecule has 0 aliphatic heterocycles. The van der Waals surface area contributed by atoms with Gasteiger partial charge in [0.25, 0.3) is 5.91 Å². The van der Waals surface area contributed by atoms with Gasteiger partial charge in [-0.1, -0.05) is 13.8 Å². The van der Waals surface area contributed by atoms with Crippen molar-refractivity contribution in [2.45, 2.75) is 51.2 Å². The van der Waals surface area contributed by atoms with Crippen molar-refractivity contribution in [3.05, 3.63) is 39.7 Å². The Bertz CT molecular complexity index is 1430. The third kappa shape index (κ3) is 4.82. The normalized spacial score (nSPS) is 25.4. The number of anilines is 1. The summed E-state index contributed by atoms with van der Waals surface area (Å²) >= 11 is 0. The molecule has 4 rings (SSSR count). The van der Waals surface area contributed by atoms with Crippen LogP contribution < -0.4 is 10.6 Å². The monoisotopic (exact) mass is 585 g/mol. The number of carbonyl (C=O) groups excluding carboxylic acids is 4. The van der Waals surface area contributed by atoms with Gasteiger partial charge in [0.1, 0.15) is 22.8 Å². The number of ketones is 2. The number of aromatic hydroxyl groups is 1. The van der Waals surface area contributed by atoms with Crippen LogP contribution in [0.4, 0.5) is 5.69 Å². The molecule has 0 saturated heterocycles. The number of aliphatic hydroxyl groups excluding tert-OH is 2. The van der Waals surface area contributed by atoms with E-state index in [0.29, 0.717) is 16.8 Å². The lowest BCUT2D eigenvalue weighted by atomic mass is 9.57. The average molecular weight is 586 g/mol. The first kappa shape index (κ1) is 31.0. The van der Waals surface area contributed by atoms with Crippen molar-refractivity contribution in [1.29, 1.82) is 0 Å². The molecule has 1 aromatic carbocycles. The van der Waals surface area contributed by atoms with E-state index in [0.717, 1.165) is 0 Å². The second-order valence-electron chi connectivity index (χ2n) is 12.2. The number of nitrogens with zero attached hydrogens (tertiary/aromatic N) is 2. The first-order valence-corrected chi connectivity index (χ1v) is 13.9. The zero-order chi connectivity index (χ0) is 31.4. The fourth-order valence-corrected chi connectivity index (χ4v) is 6.50. The molecule has 1 amide bonds. The highest BCUT2D eigenvalue weighted by atomic mass is 16.5. The molecule has 0 spiro atoms. The molecule has 6 N–H and O–H groups in total. The van der Waals surface area contributed by atoms with Crippen molar-refractivity contribution in [2.75, 3.05) is 39.7 Å². The number of likely N-dealkylation sites (N-methyl/N-ethyl adjacent to an activating group) is 1. The predicted octanol–water partition coefficient (Wildman–Crippen LogP) is 1.16. The van der Waals surface area contributed by atoms with E-state index >= 15 is 0 Å². The molecule has 12 nitrogen and oxygen atoms in total. The molecule has 1 saturated carbocycles. The Morgan fingerprint density at radius 3 is 2.33 bits per heavy atom. The Kier molecular flexibility index (Phi) is 8.18. The van der Waals surface area contributed by atoms with Crippen molar-refractivity contribution in [3.8, 4) is 5.75 Å². The molecule has 0 aromatic heterocycles. The first-order chi connectivity index (χ1) is 19.5. The Morgan fingerprint density at radius 2 is 1.79 bits per heavy atom. The van der Waals surface area contributed by atoms with Crippen LogP contribution in [0.1, 0.15) is 43.4 Å². The number of rotatable bonds is 8. The molecule has 4 unspecified atom stereocenters. The zero-order valence-corrected chi connectivity index (χ0v) is 24.7. The SMILES string of the molecule is CC(C)COC(=O)CCc1cc(N(C)C)c2c(c1O)C(O)=C1C(=O)C3(O)C(O)=C(C(N)=O)C(=O)C(N(C)C)C3CC1C2. The molecule has 1 aromatic rings. The molecule has 3 aliphatic carbocycles. The summed E-state index contributed by atoms with van der Waals surface area (Å²) in [4.78, 5) is 55.0. The minimum Gasteiger partial charge on any atom is -0.508 e. The van der Waals surface area contributed by atoms with Crippen LogP contribution in [0.2, 0.25) is 0 Å². The van der Waals surface area contributed by atoms with Gasteiger partial charge >= 0.3 is 5.97 Å². The maximum atomic E-state index is 14.0. The van der Waals surface area contributed by atoms with Crippen LogP contribution in [0, 0.1) is 17.8 Å². The largest absolute Gasteiger partial charge is 0.508 e. The van der Waals surface area contributed by atoms with Crippen molar-refractivity contribution < 1.29 is 44.3 Å². The van der Waals surface area contributed by atoms with Gasteiger partial charge in [-0.3, -0.25) is 24.1 Å². The van der Waals surface area contributed by atoms with Gasteiger partial charge in [-0.2, -0.15) is 0 Å². The van der Waals surface area contributed by atoms with Gasteiger partial charge in [-0.15, -0.1) is 0 Å². The third-order valence-electron chi connectivity index (χ3n) is 8.43. The number of phenols is 1. The number of benzene rings is 1.